The molecule has 1 atom stereocenters. The molecule has 1 aliphatic rings. The minimum absolute atomic E-state index is 0.135. The Labute approximate surface area is 91.5 Å². The van der Waals surface area contributed by atoms with Gasteiger partial charge in [0.2, 0.25) is 0 Å². The van der Waals surface area contributed by atoms with Crippen molar-refractivity contribution in [3.05, 3.63) is 33.8 Å². The highest BCUT2D eigenvalue weighted by molar-refractivity contribution is 6.03. The maximum Gasteiger partial charge on any atom is 0.419 e. The summed E-state index contributed by atoms with van der Waals surface area (Å²) in [6.45, 7) is 2.02. The third-order valence-corrected chi connectivity index (χ3v) is 3.29. The third kappa shape index (κ3) is 1.04. The molecular weight excluding hydrogens is 206 g/mol. The Balaban J connectivity index is 2.43. The predicted molar refractivity (Wildman–Crippen MR) is 58.8 cm³/mol. The van der Waals surface area contributed by atoms with Crippen LogP contribution in [0.5, 0.6) is 0 Å². The molecule has 0 unspecified atom stereocenters. The van der Waals surface area contributed by atoms with Crippen LogP contribution >= 0.6 is 0 Å². The Morgan fingerprint density at radius 1 is 1.38 bits per heavy atom. The summed E-state index contributed by atoms with van der Waals surface area (Å²) in [5.74, 6) is -0.0217. The minimum Gasteiger partial charge on any atom is -0.408 e. The predicted octanol–water partition coefficient (Wildman–Crippen LogP) is 1.82. The lowest BCUT2D eigenvalue weighted by atomic mass is 10.0. The Bertz CT molecular complexity index is 663. The van der Waals surface area contributed by atoms with Crippen molar-refractivity contribution >= 4 is 16.9 Å². The van der Waals surface area contributed by atoms with Gasteiger partial charge in [0.05, 0.1) is 5.52 Å². The number of ketones is 1. The van der Waals surface area contributed by atoms with E-state index >= 15 is 0 Å². The van der Waals surface area contributed by atoms with E-state index in [2.05, 4.69) is 0 Å². The summed E-state index contributed by atoms with van der Waals surface area (Å²) < 4.78 is 6.53. The standard InChI is InChI=1S/C12H11NO3/c1-6-3-10(14)8-5-11-9(4-7(6)8)13(2)12(15)16-11/h4-6H,3H2,1-2H3/t6-/m1/s1. The second kappa shape index (κ2) is 2.84. The summed E-state index contributed by atoms with van der Waals surface area (Å²) in [5.41, 5.74) is 2.97. The highest BCUT2D eigenvalue weighted by Gasteiger charge is 2.27. The zero-order valence-electron chi connectivity index (χ0n) is 9.11. The van der Waals surface area contributed by atoms with Crippen LogP contribution in [0.3, 0.4) is 0 Å². The van der Waals surface area contributed by atoms with E-state index in [4.69, 9.17) is 4.42 Å². The first-order chi connectivity index (χ1) is 7.58. The van der Waals surface area contributed by atoms with Gasteiger partial charge in [0, 0.05) is 19.0 Å². The van der Waals surface area contributed by atoms with Crippen molar-refractivity contribution in [2.45, 2.75) is 19.3 Å². The van der Waals surface area contributed by atoms with Crippen LogP contribution in [-0.4, -0.2) is 10.4 Å². The molecule has 1 heterocycles. The normalized spacial score (nSPS) is 19.4. The van der Waals surface area contributed by atoms with Gasteiger partial charge in [0.1, 0.15) is 0 Å². The summed E-state index contributed by atoms with van der Waals surface area (Å²) in [7, 11) is 1.67. The summed E-state index contributed by atoms with van der Waals surface area (Å²) in [4.78, 5) is 23.0. The van der Waals surface area contributed by atoms with Crippen molar-refractivity contribution in [3.63, 3.8) is 0 Å². The van der Waals surface area contributed by atoms with Crippen LogP contribution in [0.2, 0.25) is 0 Å². The van der Waals surface area contributed by atoms with Crippen LogP contribution in [0.1, 0.15) is 35.2 Å². The third-order valence-electron chi connectivity index (χ3n) is 3.29. The number of fused-ring (bicyclic) bond motifs is 2. The van der Waals surface area contributed by atoms with E-state index in [9.17, 15) is 9.59 Å². The summed E-state index contributed by atoms with van der Waals surface area (Å²) in [6.07, 6.45) is 0.551. The molecule has 0 amide bonds. The molecular formula is C12H11NO3. The number of nitrogens with zero attached hydrogens (tertiary/aromatic N) is 1. The first-order valence-electron chi connectivity index (χ1n) is 5.24. The molecule has 1 aliphatic carbocycles. The van der Waals surface area contributed by atoms with Gasteiger partial charge in [-0.3, -0.25) is 9.36 Å². The number of Topliss-reactive ketones (excluding diaryl/α,β-unsaturated/α-hetero) is 1. The van der Waals surface area contributed by atoms with Crippen molar-refractivity contribution in [2.75, 3.05) is 0 Å². The fourth-order valence-corrected chi connectivity index (χ4v) is 2.34. The molecule has 0 spiro atoms. The van der Waals surface area contributed by atoms with Crippen molar-refractivity contribution < 1.29 is 9.21 Å². The van der Waals surface area contributed by atoms with E-state index in [0.29, 0.717) is 17.6 Å². The van der Waals surface area contributed by atoms with Gasteiger partial charge >= 0.3 is 5.76 Å². The molecule has 3 rings (SSSR count). The minimum atomic E-state index is -0.390. The quantitative estimate of drug-likeness (QED) is 0.676. The van der Waals surface area contributed by atoms with E-state index in [1.54, 1.807) is 13.1 Å². The van der Waals surface area contributed by atoms with Gasteiger partial charge in [0.25, 0.3) is 0 Å². The Kier molecular flexibility index (Phi) is 1.67. The van der Waals surface area contributed by atoms with E-state index in [1.165, 1.54) is 4.57 Å². The topological polar surface area (TPSA) is 52.2 Å². The lowest BCUT2D eigenvalue weighted by molar-refractivity contribution is 0.0990. The van der Waals surface area contributed by atoms with Gasteiger partial charge in [-0.1, -0.05) is 6.92 Å². The molecule has 0 bridgehead atoms. The first-order valence-corrected chi connectivity index (χ1v) is 5.24. The highest BCUT2D eigenvalue weighted by Crippen LogP contribution is 2.34. The smallest absolute Gasteiger partial charge is 0.408 e. The van der Waals surface area contributed by atoms with E-state index in [-0.39, 0.29) is 11.7 Å². The maximum atomic E-state index is 11.7. The molecule has 0 saturated heterocycles. The van der Waals surface area contributed by atoms with E-state index < -0.39 is 5.76 Å². The molecule has 4 heteroatoms. The molecule has 2 aromatic rings. The van der Waals surface area contributed by atoms with Gasteiger partial charge in [-0.15, -0.1) is 0 Å². The molecule has 0 N–H and O–H groups in total. The lowest BCUT2D eigenvalue weighted by Gasteiger charge is -2.02. The van der Waals surface area contributed by atoms with E-state index in [1.807, 2.05) is 13.0 Å². The van der Waals surface area contributed by atoms with Gasteiger partial charge < -0.3 is 4.42 Å². The molecule has 0 saturated carbocycles. The fraction of sp³-hybridized carbons (Fsp3) is 0.333. The Hall–Kier alpha value is -1.84. The van der Waals surface area contributed by atoms with Crippen LogP contribution in [0.25, 0.3) is 11.1 Å². The number of oxazole rings is 1. The maximum absolute atomic E-state index is 11.7. The largest absolute Gasteiger partial charge is 0.419 e. The number of benzene rings is 1. The summed E-state index contributed by atoms with van der Waals surface area (Å²) in [6, 6.07) is 3.59. The summed E-state index contributed by atoms with van der Waals surface area (Å²) in [5, 5.41) is 0. The summed E-state index contributed by atoms with van der Waals surface area (Å²) >= 11 is 0. The number of hydrogen-bond donors (Lipinski definition) is 0. The molecule has 4 nitrogen and oxygen atoms in total. The second-order valence-electron chi connectivity index (χ2n) is 4.36. The average molecular weight is 217 g/mol. The van der Waals surface area contributed by atoms with Crippen LogP contribution in [0, 0.1) is 0 Å². The number of carbonyl (C=O) groups is 1. The number of hydrogen-bond acceptors (Lipinski definition) is 3. The molecule has 16 heavy (non-hydrogen) atoms. The molecule has 82 valence electrons. The molecule has 1 aromatic heterocycles. The monoisotopic (exact) mass is 217 g/mol. The van der Waals surface area contributed by atoms with Gasteiger partial charge in [-0.2, -0.15) is 0 Å². The Morgan fingerprint density at radius 2 is 2.12 bits per heavy atom. The lowest BCUT2D eigenvalue weighted by Crippen LogP contribution is -2.08. The molecule has 0 radical (unpaired) electrons. The Morgan fingerprint density at radius 3 is 2.88 bits per heavy atom. The molecule has 0 fully saturated rings. The zero-order chi connectivity index (χ0) is 11.4. The second-order valence-corrected chi connectivity index (χ2v) is 4.36. The average Bonchev–Trinajstić information content (AvgIpc) is 2.67. The molecule has 1 aromatic carbocycles. The van der Waals surface area contributed by atoms with Gasteiger partial charge in [0.15, 0.2) is 11.4 Å². The van der Waals surface area contributed by atoms with Gasteiger partial charge in [-0.25, -0.2) is 4.79 Å². The molecule has 0 aliphatic heterocycles. The van der Waals surface area contributed by atoms with Crippen LogP contribution in [0.15, 0.2) is 21.3 Å². The van der Waals surface area contributed by atoms with Crippen LogP contribution in [0.4, 0.5) is 0 Å². The van der Waals surface area contributed by atoms with Crippen molar-refractivity contribution in [2.24, 2.45) is 7.05 Å². The zero-order valence-corrected chi connectivity index (χ0v) is 9.11. The van der Waals surface area contributed by atoms with Crippen molar-refractivity contribution in [1.82, 2.24) is 4.57 Å². The first kappa shape index (κ1) is 9.39. The highest BCUT2D eigenvalue weighted by atomic mass is 16.4. The number of aryl methyl sites for hydroxylation is 1. The van der Waals surface area contributed by atoms with Crippen LogP contribution in [-0.2, 0) is 7.05 Å². The fourth-order valence-electron chi connectivity index (χ4n) is 2.34. The number of carbonyl (C=O) groups excluding carboxylic acids is 1. The number of rotatable bonds is 0. The van der Waals surface area contributed by atoms with E-state index in [0.717, 1.165) is 11.1 Å². The van der Waals surface area contributed by atoms with Crippen LogP contribution < -0.4 is 5.76 Å². The SMILES string of the molecule is C[C@@H]1CC(=O)c2cc3oc(=O)n(C)c3cc21. The van der Waals surface area contributed by atoms with Crippen molar-refractivity contribution in [3.8, 4) is 0 Å². The number of aromatic nitrogens is 1. The van der Waals surface area contributed by atoms with Gasteiger partial charge in [-0.05, 0) is 23.6 Å². The van der Waals surface area contributed by atoms with Crippen molar-refractivity contribution in [1.29, 1.82) is 0 Å².